The summed E-state index contributed by atoms with van der Waals surface area (Å²) in [5, 5.41) is 0. The Morgan fingerprint density at radius 2 is 1.25 bits per heavy atom. The zero-order valence-corrected chi connectivity index (χ0v) is 6.88. The van der Waals surface area contributed by atoms with Crippen molar-refractivity contribution in [1.29, 1.82) is 0 Å². The fourth-order valence-corrected chi connectivity index (χ4v) is 1.39. The molecule has 2 rings (SSSR count). The van der Waals surface area contributed by atoms with Gasteiger partial charge in [-0.25, -0.2) is 0 Å². The van der Waals surface area contributed by atoms with E-state index in [0.717, 1.165) is 11.1 Å². The van der Waals surface area contributed by atoms with E-state index < -0.39 is 0 Å². The van der Waals surface area contributed by atoms with Gasteiger partial charge < -0.3 is 0 Å². The lowest BCUT2D eigenvalue weighted by atomic mass is 9.92. The van der Waals surface area contributed by atoms with Gasteiger partial charge in [-0.2, -0.15) is 0 Å². The summed E-state index contributed by atoms with van der Waals surface area (Å²) in [4.78, 5) is 0. The van der Waals surface area contributed by atoms with Crippen LogP contribution in [0.1, 0.15) is 22.3 Å². The molecule has 1 aromatic carbocycles. The molecular formula is C12H10. The molecule has 0 aromatic heterocycles. The van der Waals surface area contributed by atoms with Crippen molar-refractivity contribution >= 4 is 24.3 Å². The molecule has 12 heavy (non-hydrogen) atoms. The van der Waals surface area contributed by atoms with Crippen LogP contribution in [0.15, 0.2) is 25.3 Å². The van der Waals surface area contributed by atoms with E-state index in [-0.39, 0.29) is 0 Å². The highest BCUT2D eigenvalue weighted by Gasteiger charge is 2.07. The van der Waals surface area contributed by atoms with Crippen LogP contribution >= 0.6 is 0 Å². The quantitative estimate of drug-likeness (QED) is 0.621. The van der Waals surface area contributed by atoms with Crippen LogP contribution in [0.5, 0.6) is 0 Å². The van der Waals surface area contributed by atoms with Gasteiger partial charge in [-0.1, -0.05) is 37.5 Å². The SMILES string of the molecule is C=Cc1cc2c(cc1C=C)C=C2. The first-order chi connectivity index (χ1) is 5.85. The third kappa shape index (κ3) is 0.850. The van der Waals surface area contributed by atoms with Crippen LogP contribution in [0.4, 0.5) is 0 Å². The van der Waals surface area contributed by atoms with Crippen LogP contribution in [-0.2, 0) is 0 Å². The van der Waals surface area contributed by atoms with Crippen LogP contribution in [0.3, 0.4) is 0 Å². The second kappa shape index (κ2) is 2.49. The molecule has 0 radical (unpaired) electrons. The van der Waals surface area contributed by atoms with Crippen LogP contribution < -0.4 is 0 Å². The standard InChI is InChI=1S/C12H10/c1-3-9-7-11-5-6-12(11)8-10(9)4-2/h3-8H,1-2H2. The first-order valence-electron chi connectivity index (χ1n) is 3.96. The lowest BCUT2D eigenvalue weighted by molar-refractivity contribution is 1.52. The summed E-state index contributed by atoms with van der Waals surface area (Å²) in [6, 6.07) is 4.28. The second-order valence-corrected chi connectivity index (χ2v) is 2.85. The third-order valence-corrected chi connectivity index (χ3v) is 2.17. The van der Waals surface area contributed by atoms with E-state index in [4.69, 9.17) is 0 Å². The molecule has 0 amide bonds. The zero-order chi connectivity index (χ0) is 8.55. The summed E-state index contributed by atoms with van der Waals surface area (Å²) >= 11 is 0. The van der Waals surface area contributed by atoms with Crippen molar-refractivity contribution in [3.8, 4) is 0 Å². The molecular weight excluding hydrogens is 144 g/mol. The van der Waals surface area contributed by atoms with Crippen LogP contribution in [0.25, 0.3) is 24.3 Å². The molecule has 0 heteroatoms. The van der Waals surface area contributed by atoms with Crippen LogP contribution in [-0.4, -0.2) is 0 Å². The highest BCUT2D eigenvalue weighted by molar-refractivity contribution is 5.88. The Kier molecular flexibility index (Phi) is 1.47. The molecule has 0 bridgehead atoms. The van der Waals surface area contributed by atoms with Crippen molar-refractivity contribution in [1.82, 2.24) is 0 Å². The highest BCUT2D eigenvalue weighted by atomic mass is 14.1. The van der Waals surface area contributed by atoms with Crippen LogP contribution in [0.2, 0.25) is 0 Å². The number of benzene rings is 1. The van der Waals surface area contributed by atoms with Gasteiger partial charge in [-0.15, -0.1) is 0 Å². The van der Waals surface area contributed by atoms with Gasteiger partial charge in [0.15, 0.2) is 0 Å². The maximum Gasteiger partial charge on any atom is -0.0177 e. The van der Waals surface area contributed by atoms with Crippen LogP contribution in [0, 0.1) is 0 Å². The smallest absolute Gasteiger partial charge is 0.0177 e. The average Bonchev–Trinajstić information content (AvgIpc) is 2.07. The van der Waals surface area contributed by atoms with Gasteiger partial charge in [0.2, 0.25) is 0 Å². The Labute approximate surface area is 72.5 Å². The highest BCUT2D eigenvalue weighted by Crippen LogP contribution is 2.28. The van der Waals surface area contributed by atoms with Crippen molar-refractivity contribution in [2.45, 2.75) is 0 Å². The van der Waals surface area contributed by atoms with Crippen molar-refractivity contribution in [3.63, 3.8) is 0 Å². The molecule has 0 nitrogen and oxygen atoms in total. The lowest BCUT2D eigenvalue weighted by Crippen LogP contribution is -1.92. The summed E-state index contributed by atoms with van der Waals surface area (Å²) in [6.07, 6.45) is 7.94. The fourth-order valence-electron chi connectivity index (χ4n) is 1.39. The number of hydrogen-bond donors (Lipinski definition) is 0. The molecule has 0 atom stereocenters. The van der Waals surface area contributed by atoms with E-state index in [1.807, 2.05) is 12.2 Å². The first kappa shape index (κ1) is 7.11. The molecule has 0 aliphatic heterocycles. The van der Waals surface area contributed by atoms with Crippen molar-refractivity contribution in [2.24, 2.45) is 0 Å². The molecule has 0 saturated heterocycles. The topological polar surface area (TPSA) is 0 Å². The van der Waals surface area contributed by atoms with Gasteiger partial charge in [-0.05, 0) is 34.4 Å². The molecule has 0 heterocycles. The summed E-state index contributed by atoms with van der Waals surface area (Å²) in [5.74, 6) is 0. The Morgan fingerprint density at radius 3 is 1.50 bits per heavy atom. The second-order valence-electron chi connectivity index (χ2n) is 2.85. The van der Waals surface area contributed by atoms with Gasteiger partial charge in [0, 0.05) is 0 Å². The van der Waals surface area contributed by atoms with E-state index in [2.05, 4.69) is 37.4 Å². The van der Waals surface area contributed by atoms with E-state index in [9.17, 15) is 0 Å². The summed E-state index contributed by atoms with van der Waals surface area (Å²) in [6.45, 7) is 7.53. The van der Waals surface area contributed by atoms with Gasteiger partial charge in [0.05, 0.1) is 0 Å². The fraction of sp³-hybridized carbons (Fsp3) is 0. The molecule has 58 valence electrons. The third-order valence-electron chi connectivity index (χ3n) is 2.17. The zero-order valence-electron chi connectivity index (χ0n) is 6.88. The number of hydrogen-bond acceptors (Lipinski definition) is 0. The predicted octanol–water partition coefficient (Wildman–Crippen LogP) is 3.46. The lowest BCUT2D eigenvalue weighted by Gasteiger charge is -2.13. The minimum atomic E-state index is 1.16. The normalized spacial score (nSPS) is 11.7. The summed E-state index contributed by atoms with van der Waals surface area (Å²) in [7, 11) is 0. The Hall–Kier alpha value is -1.56. The molecule has 1 aliphatic carbocycles. The molecule has 1 aliphatic rings. The van der Waals surface area contributed by atoms with Crippen molar-refractivity contribution in [2.75, 3.05) is 0 Å². The van der Waals surface area contributed by atoms with E-state index >= 15 is 0 Å². The minimum Gasteiger partial charge on any atom is -0.0984 e. The van der Waals surface area contributed by atoms with E-state index in [0.29, 0.717) is 0 Å². The predicted molar refractivity (Wildman–Crippen MR) is 55.6 cm³/mol. The molecule has 0 spiro atoms. The number of fused-ring (bicyclic) bond motifs is 1. The Bertz CT molecular complexity index is 344. The number of rotatable bonds is 2. The maximum atomic E-state index is 3.76. The van der Waals surface area contributed by atoms with Gasteiger partial charge in [0.1, 0.15) is 0 Å². The van der Waals surface area contributed by atoms with Crippen molar-refractivity contribution < 1.29 is 0 Å². The summed E-state index contributed by atoms with van der Waals surface area (Å²) in [5.41, 5.74) is 4.92. The molecule has 1 aromatic rings. The maximum absolute atomic E-state index is 3.76. The monoisotopic (exact) mass is 154 g/mol. The molecule has 0 N–H and O–H groups in total. The molecule has 0 fully saturated rings. The largest absolute Gasteiger partial charge is 0.0984 e. The Balaban J connectivity index is 2.63. The van der Waals surface area contributed by atoms with E-state index in [1.54, 1.807) is 0 Å². The Morgan fingerprint density at radius 1 is 0.833 bits per heavy atom. The summed E-state index contributed by atoms with van der Waals surface area (Å²) < 4.78 is 0. The van der Waals surface area contributed by atoms with Gasteiger partial charge in [-0.3, -0.25) is 0 Å². The molecule has 0 unspecified atom stereocenters. The van der Waals surface area contributed by atoms with Gasteiger partial charge >= 0.3 is 0 Å². The molecule has 0 saturated carbocycles. The average molecular weight is 154 g/mol. The minimum absolute atomic E-state index is 1.16. The van der Waals surface area contributed by atoms with Crippen molar-refractivity contribution in [3.05, 3.63) is 47.5 Å². The van der Waals surface area contributed by atoms with Gasteiger partial charge in [0.25, 0.3) is 0 Å². The van der Waals surface area contributed by atoms with E-state index in [1.165, 1.54) is 11.1 Å². The first-order valence-corrected chi connectivity index (χ1v) is 3.96.